The van der Waals surface area contributed by atoms with Gasteiger partial charge >= 0.3 is 0 Å². The van der Waals surface area contributed by atoms with Crippen LogP contribution < -0.4 is 16.2 Å². The van der Waals surface area contributed by atoms with Gasteiger partial charge in [0.25, 0.3) is 0 Å². The summed E-state index contributed by atoms with van der Waals surface area (Å²) >= 11 is 5.94. The second-order valence-electron chi connectivity index (χ2n) is 6.36. The van der Waals surface area contributed by atoms with Crippen molar-refractivity contribution in [3.05, 3.63) is 34.9 Å². The number of carbonyl (C=O) groups excluding carboxylic acids is 1. The van der Waals surface area contributed by atoms with Crippen LogP contribution in [0, 0.1) is 0 Å². The third-order valence-electron chi connectivity index (χ3n) is 4.70. The Morgan fingerprint density at radius 2 is 2.09 bits per heavy atom. The molecular formula is C17H25ClN4O. The van der Waals surface area contributed by atoms with Gasteiger partial charge in [0.05, 0.1) is 0 Å². The van der Waals surface area contributed by atoms with Gasteiger partial charge in [0.2, 0.25) is 5.91 Å². The molecule has 0 spiro atoms. The highest BCUT2D eigenvalue weighted by molar-refractivity contribution is 6.30. The highest BCUT2D eigenvalue weighted by Crippen LogP contribution is 2.25. The van der Waals surface area contributed by atoms with Crippen molar-refractivity contribution in [3.8, 4) is 0 Å². The lowest BCUT2D eigenvalue weighted by Gasteiger charge is -2.30. The molecule has 2 aliphatic heterocycles. The van der Waals surface area contributed by atoms with E-state index in [0.29, 0.717) is 6.04 Å². The Balaban J connectivity index is 1.64. The Hall–Kier alpha value is -1.14. The standard InChI is InChI=1S/C17H25ClN4O/c1-2-9-22(14-7-8-19-11-14)17(23)16-10-15(20-21-16)12-3-5-13(18)6-4-12/h3-6,14-16,19-21H,2,7-11H2,1H3. The predicted octanol–water partition coefficient (Wildman–Crippen LogP) is 1.85. The summed E-state index contributed by atoms with van der Waals surface area (Å²) in [6.07, 6.45) is 2.80. The molecule has 2 aliphatic rings. The van der Waals surface area contributed by atoms with Crippen LogP contribution in [0.1, 0.15) is 37.8 Å². The summed E-state index contributed by atoms with van der Waals surface area (Å²) in [7, 11) is 0. The number of amides is 1. The lowest BCUT2D eigenvalue weighted by molar-refractivity contribution is -0.135. The molecule has 3 unspecified atom stereocenters. The lowest BCUT2D eigenvalue weighted by atomic mass is 10.0. The highest BCUT2D eigenvalue weighted by Gasteiger charge is 2.35. The van der Waals surface area contributed by atoms with Crippen LogP contribution in [0.3, 0.4) is 0 Å². The first-order valence-corrected chi connectivity index (χ1v) is 8.84. The Kier molecular flexibility index (Phi) is 5.54. The Bertz CT molecular complexity index is 530. The smallest absolute Gasteiger partial charge is 0.241 e. The first kappa shape index (κ1) is 16.7. The molecule has 2 fully saturated rings. The third-order valence-corrected chi connectivity index (χ3v) is 4.95. The molecule has 3 rings (SSSR count). The highest BCUT2D eigenvalue weighted by atomic mass is 35.5. The molecule has 126 valence electrons. The molecule has 0 saturated carbocycles. The molecule has 2 heterocycles. The quantitative estimate of drug-likeness (QED) is 0.768. The molecule has 3 N–H and O–H groups in total. The van der Waals surface area contributed by atoms with Crippen LogP contribution in [-0.2, 0) is 4.79 Å². The van der Waals surface area contributed by atoms with E-state index in [-0.39, 0.29) is 18.0 Å². The Morgan fingerprint density at radius 3 is 2.74 bits per heavy atom. The number of hydrogen-bond acceptors (Lipinski definition) is 4. The van der Waals surface area contributed by atoms with Gasteiger partial charge in [-0.3, -0.25) is 4.79 Å². The number of rotatable bonds is 5. The molecule has 0 aromatic heterocycles. The minimum absolute atomic E-state index is 0.145. The number of hydrogen-bond donors (Lipinski definition) is 3. The average Bonchev–Trinajstić information content (AvgIpc) is 3.24. The summed E-state index contributed by atoms with van der Waals surface area (Å²) in [5.74, 6) is 0.213. The number of carbonyl (C=O) groups is 1. The first-order chi connectivity index (χ1) is 11.2. The van der Waals surface area contributed by atoms with Crippen molar-refractivity contribution in [1.82, 2.24) is 21.1 Å². The largest absolute Gasteiger partial charge is 0.337 e. The van der Waals surface area contributed by atoms with E-state index in [9.17, 15) is 4.79 Å². The lowest BCUT2D eigenvalue weighted by Crippen LogP contribution is -2.50. The van der Waals surface area contributed by atoms with E-state index in [0.717, 1.165) is 49.5 Å². The van der Waals surface area contributed by atoms with Crippen LogP contribution in [0.2, 0.25) is 5.02 Å². The minimum atomic E-state index is -0.164. The van der Waals surface area contributed by atoms with Gasteiger partial charge in [0.1, 0.15) is 6.04 Å². The molecule has 1 aromatic carbocycles. The maximum Gasteiger partial charge on any atom is 0.241 e. The van der Waals surface area contributed by atoms with E-state index in [1.165, 1.54) is 0 Å². The summed E-state index contributed by atoms with van der Waals surface area (Å²) in [5, 5.41) is 4.09. The van der Waals surface area contributed by atoms with Crippen molar-refractivity contribution in [2.24, 2.45) is 0 Å². The zero-order valence-corrected chi connectivity index (χ0v) is 14.3. The monoisotopic (exact) mass is 336 g/mol. The molecule has 3 atom stereocenters. The van der Waals surface area contributed by atoms with Crippen molar-refractivity contribution in [1.29, 1.82) is 0 Å². The van der Waals surface area contributed by atoms with Crippen molar-refractivity contribution in [2.45, 2.75) is 44.3 Å². The molecular weight excluding hydrogens is 312 g/mol. The Labute approximate surface area is 142 Å². The van der Waals surface area contributed by atoms with Crippen LogP contribution in [-0.4, -0.2) is 42.5 Å². The van der Waals surface area contributed by atoms with Crippen LogP contribution in [0.4, 0.5) is 0 Å². The van der Waals surface area contributed by atoms with Gasteiger partial charge in [0, 0.05) is 30.2 Å². The fraction of sp³-hybridized carbons (Fsp3) is 0.588. The number of nitrogens with one attached hydrogen (secondary N) is 3. The predicted molar refractivity (Wildman–Crippen MR) is 92.1 cm³/mol. The van der Waals surface area contributed by atoms with E-state index >= 15 is 0 Å². The van der Waals surface area contributed by atoms with Gasteiger partial charge in [-0.25, -0.2) is 10.9 Å². The van der Waals surface area contributed by atoms with Gasteiger partial charge in [-0.15, -0.1) is 0 Å². The van der Waals surface area contributed by atoms with Crippen molar-refractivity contribution >= 4 is 17.5 Å². The summed E-state index contributed by atoms with van der Waals surface area (Å²) in [4.78, 5) is 15.0. The second-order valence-corrected chi connectivity index (χ2v) is 6.80. The fourth-order valence-corrected chi connectivity index (χ4v) is 3.58. The van der Waals surface area contributed by atoms with Crippen molar-refractivity contribution < 1.29 is 4.79 Å². The SMILES string of the molecule is CCCN(C(=O)C1CC(c2ccc(Cl)cc2)NN1)C1CCNC1. The second kappa shape index (κ2) is 7.62. The van der Waals surface area contributed by atoms with Gasteiger partial charge in [0.15, 0.2) is 0 Å². The van der Waals surface area contributed by atoms with Crippen molar-refractivity contribution in [2.75, 3.05) is 19.6 Å². The minimum Gasteiger partial charge on any atom is -0.337 e. The molecule has 0 aliphatic carbocycles. The fourth-order valence-electron chi connectivity index (χ4n) is 3.45. The zero-order valence-electron chi connectivity index (χ0n) is 13.5. The number of hydrazine groups is 1. The van der Waals surface area contributed by atoms with E-state index in [1.54, 1.807) is 0 Å². The van der Waals surface area contributed by atoms with Gasteiger partial charge in [-0.1, -0.05) is 30.7 Å². The van der Waals surface area contributed by atoms with E-state index < -0.39 is 0 Å². The van der Waals surface area contributed by atoms with Gasteiger partial charge in [-0.05, 0) is 43.5 Å². The molecule has 1 aromatic rings. The normalized spacial score (nSPS) is 27.3. The number of benzene rings is 1. The maximum absolute atomic E-state index is 12.9. The summed E-state index contributed by atoms with van der Waals surface area (Å²) < 4.78 is 0. The topological polar surface area (TPSA) is 56.4 Å². The molecule has 2 saturated heterocycles. The van der Waals surface area contributed by atoms with Gasteiger partial charge in [-0.2, -0.15) is 0 Å². The molecule has 23 heavy (non-hydrogen) atoms. The first-order valence-electron chi connectivity index (χ1n) is 8.46. The van der Waals surface area contributed by atoms with E-state index in [2.05, 4.69) is 28.0 Å². The van der Waals surface area contributed by atoms with Crippen LogP contribution in [0.5, 0.6) is 0 Å². The third kappa shape index (κ3) is 3.86. The Morgan fingerprint density at radius 1 is 1.30 bits per heavy atom. The average molecular weight is 337 g/mol. The zero-order chi connectivity index (χ0) is 16.2. The summed E-state index contributed by atoms with van der Waals surface area (Å²) in [6.45, 7) is 4.86. The van der Waals surface area contributed by atoms with Gasteiger partial charge < -0.3 is 10.2 Å². The number of nitrogens with zero attached hydrogens (tertiary/aromatic N) is 1. The molecule has 0 bridgehead atoms. The van der Waals surface area contributed by atoms with Crippen LogP contribution in [0.25, 0.3) is 0 Å². The van der Waals surface area contributed by atoms with E-state index in [4.69, 9.17) is 11.6 Å². The summed E-state index contributed by atoms with van der Waals surface area (Å²) in [6, 6.07) is 8.12. The maximum atomic E-state index is 12.9. The molecule has 5 nitrogen and oxygen atoms in total. The molecule has 1 amide bonds. The number of halogens is 1. The summed E-state index contributed by atoms with van der Waals surface area (Å²) in [5.41, 5.74) is 7.60. The molecule has 0 radical (unpaired) electrons. The molecule has 6 heteroatoms. The van der Waals surface area contributed by atoms with E-state index in [1.807, 2.05) is 24.3 Å². The van der Waals surface area contributed by atoms with Crippen molar-refractivity contribution in [3.63, 3.8) is 0 Å². The van der Waals surface area contributed by atoms with Crippen LogP contribution >= 0.6 is 11.6 Å². The van der Waals surface area contributed by atoms with Crippen LogP contribution in [0.15, 0.2) is 24.3 Å².